The second-order valence-electron chi connectivity index (χ2n) is 4.00. The van der Waals surface area contributed by atoms with Crippen molar-refractivity contribution in [2.45, 2.75) is 19.1 Å². The van der Waals surface area contributed by atoms with Crippen molar-refractivity contribution in [3.63, 3.8) is 0 Å². The van der Waals surface area contributed by atoms with Gasteiger partial charge in [0.25, 0.3) is 0 Å². The van der Waals surface area contributed by atoms with Gasteiger partial charge in [0.2, 0.25) is 0 Å². The van der Waals surface area contributed by atoms with E-state index in [1.165, 1.54) is 0 Å². The lowest BCUT2D eigenvalue weighted by Crippen LogP contribution is -2.22. The van der Waals surface area contributed by atoms with Crippen LogP contribution in [-0.4, -0.2) is 36.2 Å². The number of likely N-dealkylation sites (tertiary alicyclic amines) is 1. The lowest BCUT2D eigenvalue weighted by molar-refractivity contribution is 0.107. The van der Waals surface area contributed by atoms with Gasteiger partial charge in [-0.2, -0.15) is 0 Å². The number of rotatable bonds is 3. The van der Waals surface area contributed by atoms with E-state index in [4.69, 9.17) is 27.9 Å². The molecule has 1 aromatic rings. The fourth-order valence-corrected chi connectivity index (χ4v) is 2.50. The molecular weight excluding hydrogens is 247 g/mol. The van der Waals surface area contributed by atoms with Crippen LogP contribution < -0.4 is 0 Å². The molecule has 88 valence electrons. The molecule has 0 unspecified atom stereocenters. The second kappa shape index (κ2) is 5.32. The van der Waals surface area contributed by atoms with Crippen LogP contribution in [0.25, 0.3) is 0 Å². The van der Waals surface area contributed by atoms with Crippen LogP contribution in [-0.2, 0) is 11.3 Å². The van der Waals surface area contributed by atoms with E-state index in [0.717, 1.165) is 31.6 Å². The molecule has 1 aromatic heterocycles. The van der Waals surface area contributed by atoms with Gasteiger partial charge in [0, 0.05) is 26.7 Å². The summed E-state index contributed by atoms with van der Waals surface area (Å²) in [6.45, 7) is 2.87. The summed E-state index contributed by atoms with van der Waals surface area (Å²) < 4.78 is 5.32. The Labute approximate surface area is 105 Å². The van der Waals surface area contributed by atoms with Gasteiger partial charge in [-0.15, -0.1) is 0 Å². The Hall–Kier alpha value is -0.350. The number of hydrogen-bond donors (Lipinski definition) is 0. The zero-order valence-corrected chi connectivity index (χ0v) is 10.6. The van der Waals surface area contributed by atoms with E-state index < -0.39 is 0 Å². The Kier molecular flexibility index (Phi) is 4.03. The summed E-state index contributed by atoms with van der Waals surface area (Å²) in [5.74, 6) is 0. The maximum absolute atomic E-state index is 5.85. The van der Waals surface area contributed by atoms with Crippen molar-refractivity contribution in [2.75, 3.05) is 20.2 Å². The minimum Gasteiger partial charge on any atom is -0.380 e. The minimum absolute atomic E-state index is 0.354. The summed E-state index contributed by atoms with van der Waals surface area (Å²) >= 11 is 11.7. The van der Waals surface area contributed by atoms with Crippen molar-refractivity contribution in [3.8, 4) is 0 Å². The third-order valence-electron chi connectivity index (χ3n) is 2.79. The number of aromatic nitrogens is 1. The fraction of sp³-hybridized carbons (Fsp3) is 0.545. The summed E-state index contributed by atoms with van der Waals surface area (Å²) in [4.78, 5) is 6.26. The van der Waals surface area contributed by atoms with Crippen molar-refractivity contribution in [1.29, 1.82) is 0 Å². The Bertz CT molecular complexity index is 353. The quantitative estimate of drug-likeness (QED) is 0.782. The van der Waals surface area contributed by atoms with Crippen LogP contribution in [0.5, 0.6) is 0 Å². The number of nitrogens with zero attached hydrogens (tertiary/aromatic N) is 2. The first-order chi connectivity index (χ1) is 7.67. The van der Waals surface area contributed by atoms with Gasteiger partial charge in [0.15, 0.2) is 0 Å². The van der Waals surface area contributed by atoms with Crippen molar-refractivity contribution in [2.24, 2.45) is 0 Å². The summed E-state index contributed by atoms with van der Waals surface area (Å²) in [7, 11) is 1.76. The smallest absolute Gasteiger partial charge is 0.131 e. The SMILES string of the molecule is CO[C@@H]1CCN(Cc2cc(Cl)nc(Cl)c2)C1. The van der Waals surface area contributed by atoms with E-state index in [2.05, 4.69) is 9.88 Å². The first kappa shape index (κ1) is 12.1. The predicted molar refractivity (Wildman–Crippen MR) is 64.9 cm³/mol. The van der Waals surface area contributed by atoms with Crippen molar-refractivity contribution >= 4 is 23.2 Å². The Morgan fingerprint density at radius 1 is 1.44 bits per heavy atom. The average Bonchev–Trinajstić information content (AvgIpc) is 2.64. The van der Waals surface area contributed by atoms with Crippen LogP contribution in [0.2, 0.25) is 10.3 Å². The zero-order chi connectivity index (χ0) is 11.5. The van der Waals surface area contributed by atoms with Crippen LogP contribution in [0.1, 0.15) is 12.0 Å². The highest BCUT2D eigenvalue weighted by Gasteiger charge is 2.21. The molecule has 0 saturated carbocycles. The molecule has 1 saturated heterocycles. The Morgan fingerprint density at radius 2 is 2.12 bits per heavy atom. The minimum atomic E-state index is 0.354. The molecule has 0 amide bonds. The molecular formula is C11H14Cl2N2O. The molecule has 0 radical (unpaired) electrons. The first-order valence-corrected chi connectivity index (χ1v) is 6.00. The molecule has 2 heterocycles. The van der Waals surface area contributed by atoms with Gasteiger partial charge in [-0.05, 0) is 24.1 Å². The Morgan fingerprint density at radius 3 is 2.69 bits per heavy atom. The highest BCUT2D eigenvalue weighted by Crippen LogP contribution is 2.19. The van der Waals surface area contributed by atoms with E-state index in [0.29, 0.717) is 16.4 Å². The zero-order valence-electron chi connectivity index (χ0n) is 9.12. The molecule has 1 aliphatic rings. The van der Waals surface area contributed by atoms with Gasteiger partial charge in [-0.3, -0.25) is 4.90 Å². The fourth-order valence-electron chi connectivity index (χ4n) is 2.00. The molecule has 0 aliphatic carbocycles. The van der Waals surface area contributed by atoms with Crippen LogP contribution in [0.3, 0.4) is 0 Å². The monoisotopic (exact) mass is 260 g/mol. The number of pyridine rings is 1. The van der Waals surface area contributed by atoms with Crippen LogP contribution in [0, 0.1) is 0 Å². The molecule has 0 aromatic carbocycles. The van der Waals surface area contributed by atoms with Gasteiger partial charge in [-0.25, -0.2) is 4.98 Å². The van der Waals surface area contributed by atoms with Crippen LogP contribution >= 0.6 is 23.2 Å². The third kappa shape index (κ3) is 3.08. The lowest BCUT2D eigenvalue weighted by atomic mass is 10.2. The highest BCUT2D eigenvalue weighted by molar-refractivity contribution is 6.32. The van der Waals surface area contributed by atoms with E-state index in [9.17, 15) is 0 Å². The lowest BCUT2D eigenvalue weighted by Gasteiger charge is -2.15. The molecule has 1 fully saturated rings. The van der Waals surface area contributed by atoms with E-state index in [-0.39, 0.29) is 0 Å². The summed E-state index contributed by atoms with van der Waals surface area (Å²) in [5.41, 5.74) is 1.10. The van der Waals surface area contributed by atoms with Gasteiger partial charge in [0.1, 0.15) is 10.3 Å². The van der Waals surface area contributed by atoms with Crippen molar-refractivity contribution in [1.82, 2.24) is 9.88 Å². The van der Waals surface area contributed by atoms with Crippen molar-refractivity contribution in [3.05, 3.63) is 28.0 Å². The largest absolute Gasteiger partial charge is 0.380 e. The molecule has 16 heavy (non-hydrogen) atoms. The van der Waals surface area contributed by atoms with E-state index in [1.54, 1.807) is 7.11 Å². The van der Waals surface area contributed by atoms with Gasteiger partial charge >= 0.3 is 0 Å². The first-order valence-electron chi connectivity index (χ1n) is 5.24. The second-order valence-corrected chi connectivity index (χ2v) is 4.78. The Balaban J connectivity index is 1.99. The molecule has 2 rings (SSSR count). The van der Waals surface area contributed by atoms with E-state index in [1.807, 2.05) is 12.1 Å². The highest BCUT2D eigenvalue weighted by atomic mass is 35.5. The van der Waals surface area contributed by atoms with E-state index >= 15 is 0 Å². The third-order valence-corrected chi connectivity index (χ3v) is 3.18. The number of ether oxygens (including phenoxy) is 1. The predicted octanol–water partition coefficient (Wildman–Crippen LogP) is 2.61. The van der Waals surface area contributed by atoms with Crippen LogP contribution in [0.4, 0.5) is 0 Å². The number of halogens is 2. The molecule has 1 aliphatic heterocycles. The van der Waals surface area contributed by atoms with Gasteiger partial charge in [0.05, 0.1) is 6.10 Å². The maximum atomic E-state index is 5.85. The summed E-state index contributed by atoms with van der Waals surface area (Å²) in [6, 6.07) is 3.71. The number of hydrogen-bond acceptors (Lipinski definition) is 3. The number of methoxy groups -OCH3 is 1. The van der Waals surface area contributed by atoms with Crippen molar-refractivity contribution < 1.29 is 4.74 Å². The maximum Gasteiger partial charge on any atom is 0.131 e. The molecule has 5 heteroatoms. The molecule has 3 nitrogen and oxygen atoms in total. The summed E-state index contributed by atoms with van der Waals surface area (Å²) in [5, 5.41) is 0.898. The molecule has 0 N–H and O–H groups in total. The van der Waals surface area contributed by atoms with Gasteiger partial charge in [-0.1, -0.05) is 23.2 Å². The molecule has 1 atom stereocenters. The normalized spacial score (nSPS) is 21.6. The van der Waals surface area contributed by atoms with Gasteiger partial charge < -0.3 is 4.74 Å². The molecule has 0 bridgehead atoms. The average molecular weight is 261 g/mol. The standard InChI is InChI=1S/C11H14Cl2N2O/c1-16-9-2-3-15(7-9)6-8-4-10(12)14-11(13)5-8/h4-5,9H,2-3,6-7H2,1H3/t9-/m1/s1. The molecule has 0 spiro atoms. The topological polar surface area (TPSA) is 25.4 Å². The van der Waals surface area contributed by atoms with Crippen LogP contribution in [0.15, 0.2) is 12.1 Å². The summed E-state index contributed by atoms with van der Waals surface area (Å²) in [6.07, 6.45) is 1.44.